The summed E-state index contributed by atoms with van der Waals surface area (Å²) in [5.74, 6) is -1.14. The molecule has 1 amide bonds. The van der Waals surface area contributed by atoms with Crippen LogP contribution in [0.15, 0.2) is 66.7 Å². The molecular formula is C24H24FNO3. The van der Waals surface area contributed by atoms with Crippen molar-refractivity contribution in [2.75, 3.05) is 0 Å². The normalized spacial score (nSPS) is 24.1. The fraction of sp³-hybridized carbons (Fsp3) is 0.333. The highest BCUT2D eigenvalue weighted by Gasteiger charge is 2.58. The number of carbonyl (C=O) groups is 2. The molecule has 1 fully saturated rings. The van der Waals surface area contributed by atoms with Gasteiger partial charge in [-0.2, -0.15) is 0 Å². The first-order chi connectivity index (χ1) is 13.9. The van der Waals surface area contributed by atoms with Crippen molar-refractivity contribution in [1.82, 2.24) is 5.32 Å². The lowest BCUT2D eigenvalue weighted by atomic mass is 9.77. The second kappa shape index (κ2) is 7.47. The van der Waals surface area contributed by atoms with Crippen LogP contribution in [-0.4, -0.2) is 17.4 Å². The smallest absolute Gasteiger partial charge is 0.313 e. The van der Waals surface area contributed by atoms with E-state index in [1.54, 1.807) is 0 Å². The van der Waals surface area contributed by atoms with Crippen molar-refractivity contribution in [2.24, 2.45) is 11.3 Å². The number of carbonyl (C=O) groups excluding carboxylic acids is 2. The second-order valence-electron chi connectivity index (χ2n) is 8.22. The molecule has 4 rings (SSSR count). The lowest BCUT2D eigenvalue weighted by Gasteiger charge is -2.34. The summed E-state index contributed by atoms with van der Waals surface area (Å²) in [6, 6.07) is 15.1. The molecule has 0 heterocycles. The van der Waals surface area contributed by atoms with Crippen LogP contribution >= 0.6 is 0 Å². The molecule has 0 spiro atoms. The van der Waals surface area contributed by atoms with Crippen molar-refractivity contribution in [3.8, 4) is 0 Å². The van der Waals surface area contributed by atoms with Gasteiger partial charge in [0.05, 0.1) is 5.92 Å². The van der Waals surface area contributed by atoms with E-state index in [2.05, 4.69) is 12.2 Å². The summed E-state index contributed by atoms with van der Waals surface area (Å²) in [6.07, 6.45) is 6.25. The van der Waals surface area contributed by atoms with Crippen molar-refractivity contribution in [3.63, 3.8) is 0 Å². The van der Waals surface area contributed by atoms with E-state index in [4.69, 9.17) is 4.74 Å². The first kappa shape index (κ1) is 19.4. The third-order valence-corrected chi connectivity index (χ3v) is 6.17. The molecule has 2 atom stereocenters. The molecule has 0 aromatic heterocycles. The van der Waals surface area contributed by atoms with Gasteiger partial charge in [-0.25, -0.2) is 4.39 Å². The minimum atomic E-state index is -0.372. The highest BCUT2D eigenvalue weighted by molar-refractivity contribution is 5.95. The molecule has 1 saturated carbocycles. The maximum absolute atomic E-state index is 13.1. The monoisotopic (exact) mass is 393 g/mol. The van der Waals surface area contributed by atoms with E-state index in [0.717, 1.165) is 18.4 Å². The van der Waals surface area contributed by atoms with Crippen LogP contribution in [0.25, 0.3) is 0 Å². The van der Waals surface area contributed by atoms with Crippen LogP contribution in [0, 0.1) is 17.2 Å². The maximum Gasteiger partial charge on any atom is 0.313 e. The molecule has 1 N–H and O–H groups in total. The van der Waals surface area contributed by atoms with Crippen molar-refractivity contribution >= 4 is 11.9 Å². The third kappa shape index (κ3) is 3.95. The largest absolute Gasteiger partial charge is 0.460 e. The summed E-state index contributed by atoms with van der Waals surface area (Å²) in [5.41, 5.74) is 0.695. The fourth-order valence-corrected chi connectivity index (χ4v) is 4.13. The fourth-order valence-electron chi connectivity index (χ4n) is 4.13. The number of amides is 1. The van der Waals surface area contributed by atoms with Crippen LogP contribution in [0.3, 0.4) is 0 Å². The number of esters is 1. The van der Waals surface area contributed by atoms with E-state index in [1.807, 2.05) is 42.5 Å². The first-order valence-electron chi connectivity index (χ1n) is 9.89. The molecule has 2 aliphatic rings. The van der Waals surface area contributed by atoms with Gasteiger partial charge in [-0.05, 0) is 49.1 Å². The quantitative estimate of drug-likeness (QED) is 0.584. The van der Waals surface area contributed by atoms with Crippen LogP contribution < -0.4 is 5.32 Å². The van der Waals surface area contributed by atoms with E-state index in [-0.39, 0.29) is 41.2 Å². The number of hydrogen-bond donors (Lipinski definition) is 1. The molecular weight excluding hydrogens is 369 g/mol. The average Bonchev–Trinajstić information content (AvgIpc) is 3.41. The Hall–Kier alpha value is -2.95. The van der Waals surface area contributed by atoms with E-state index in [1.165, 1.54) is 24.3 Å². The summed E-state index contributed by atoms with van der Waals surface area (Å²) >= 11 is 0. The van der Waals surface area contributed by atoms with Crippen LogP contribution in [0.1, 0.15) is 42.1 Å². The zero-order valence-electron chi connectivity index (χ0n) is 16.4. The van der Waals surface area contributed by atoms with Gasteiger partial charge in [0, 0.05) is 16.5 Å². The lowest BCUT2D eigenvalue weighted by molar-refractivity contribution is -0.148. The zero-order chi connectivity index (χ0) is 20.5. The molecule has 0 bridgehead atoms. The Morgan fingerprint density at radius 3 is 2.45 bits per heavy atom. The molecule has 5 heteroatoms. The van der Waals surface area contributed by atoms with Crippen LogP contribution in [-0.2, 0) is 16.1 Å². The summed E-state index contributed by atoms with van der Waals surface area (Å²) in [6.45, 7) is 2.33. The van der Waals surface area contributed by atoms with Gasteiger partial charge in [0.25, 0.3) is 5.91 Å². The van der Waals surface area contributed by atoms with Crippen LogP contribution in [0.4, 0.5) is 4.39 Å². The second-order valence-corrected chi connectivity index (χ2v) is 8.22. The van der Waals surface area contributed by atoms with E-state index >= 15 is 0 Å². The predicted octanol–water partition coefficient (Wildman–Crippen LogP) is 4.41. The molecule has 150 valence electrons. The van der Waals surface area contributed by atoms with Gasteiger partial charge in [-0.1, -0.05) is 49.4 Å². The zero-order valence-corrected chi connectivity index (χ0v) is 16.4. The van der Waals surface area contributed by atoms with E-state index in [9.17, 15) is 14.0 Å². The molecule has 29 heavy (non-hydrogen) atoms. The maximum atomic E-state index is 13.1. The standard InChI is InChI=1S/C24H24FNO3/c1-23(24(13-14-24)26-21(27)18-7-9-20(25)10-8-18)12-11-19(15-23)22(28)29-16-17-5-3-2-4-6-17/h2-12,19H,13-16H2,1H3,(H,26,27). The Morgan fingerprint density at radius 1 is 1.10 bits per heavy atom. The summed E-state index contributed by atoms with van der Waals surface area (Å²) in [7, 11) is 0. The van der Waals surface area contributed by atoms with Gasteiger partial charge in [-0.3, -0.25) is 9.59 Å². The molecule has 0 radical (unpaired) electrons. The number of halogens is 1. The third-order valence-electron chi connectivity index (χ3n) is 6.17. The SMILES string of the molecule is CC1(C2(NC(=O)c3ccc(F)cc3)CC2)C=CC(C(=O)OCc2ccccc2)C1. The number of benzene rings is 2. The van der Waals surface area contributed by atoms with Crippen LogP contribution in [0.5, 0.6) is 0 Å². The summed E-state index contributed by atoms with van der Waals surface area (Å²) < 4.78 is 18.6. The molecule has 2 aliphatic carbocycles. The Morgan fingerprint density at radius 2 is 1.79 bits per heavy atom. The molecule has 4 nitrogen and oxygen atoms in total. The van der Waals surface area contributed by atoms with Crippen molar-refractivity contribution < 1.29 is 18.7 Å². The summed E-state index contributed by atoms with van der Waals surface area (Å²) in [5, 5.41) is 3.14. The number of hydrogen-bond acceptors (Lipinski definition) is 3. The molecule has 0 aliphatic heterocycles. The highest BCUT2D eigenvalue weighted by Crippen LogP contribution is 2.56. The molecule has 0 saturated heterocycles. The van der Waals surface area contributed by atoms with Gasteiger partial charge in [0.15, 0.2) is 0 Å². The minimum Gasteiger partial charge on any atom is -0.460 e. The summed E-state index contributed by atoms with van der Waals surface area (Å²) in [4.78, 5) is 25.2. The molecule has 2 aromatic rings. The Balaban J connectivity index is 1.37. The number of ether oxygens (including phenoxy) is 1. The Kier molecular flexibility index (Phi) is 4.99. The van der Waals surface area contributed by atoms with Gasteiger partial charge in [-0.15, -0.1) is 0 Å². The van der Waals surface area contributed by atoms with Crippen molar-refractivity contribution in [3.05, 3.63) is 83.7 Å². The topological polar surface area (TPSA) is 55.4 Å². The van der Waals surface area contributed by atoms with E-state index < -0.39 is 0 Å². The Labute approximate surface area is 169 Å². The van der Waals surface area contributed by atoms with Gasteiger partial charge in [0.2, 0.25) is 0 Å². The van der Waals surface area contributed by atoms with Gasteiger partial charge >= 0.3 is 5.97 Å². The van der Waals surface area contributed by atoms with Gasteiger partial charge < -0.3 is 10.1 Å². The minimum absolute atomic E-state index is 0.216. The lowest BCUT2D eigenvalue weighted by Crippen LogP contribution is -2.47. The molecule has 2 unspecified atom stereocenters. The number of nitrogens with one attached hydrogen (secondary N) is 1. The van der Waals surface area contributed by atoms with Crippen molar-refractivity contribution in [2.45, 2.75) is 38.3 Å². The average molecular weight is 393 g/mol. The predicted molar refractivity (Wildman–Crippen MR) is 107 cm³/mol. The molecule has 2 aromatic carbocycles. The van der Waals surface area contributed by atoms with Crippen molar-refractivity contribution in [1.29, 1.82) is 0 Å². The van der Waals surface area contributed by atoms with Gasteiger partial charge in [0.1, 0.15) is 12.4 Å². The van der Waals surface area contributed by atoms with Crippen LogP contribution in [0.2, 0.25) is 0 Å². The number of rotatable bonds is 6. The highest BCUT2D eigenvalue weighted by atomic mass is 19.1. The van der Waals surface area contributed by atoms with E-state index in [0.29, 0.717) is 12.0 Å². The Bertz CT molecular complexity index is 934. The first-order valence-corrected chi connectivity index (χ1v) is 9.89.